The van der Waals surface area contributed by atoms with Crippen LogP contribution in [0.15, 0.2) is 18.3 Å². The standard InChI is InChI=1S/C8H8N4/c9-5-2-1-3-7-4-6-11-8(10)12-7/h1,3-4,6H,2H2,(H2,10,11,12). The van der Waals surface area contributed by atoms with Gasteiger partial charge in [-0.25, -0.2) is 9.97 Å². The molecule has 0 radical (unpaired) electrons. The first-order chi connectivity index (χ1) is 5.83. The maximum absolute atomic E-state index is 8.24. The molecule has 1 aromatic rings. The van der Waals surface area contributed by atoms with Crippen LogP contribution in [0.3, 0.4) is 0 Å². The summed E-state index contributed by atoms with van der Waals surface area (Å²) in [7, 11) is 0. The molecule has 2 N–H and O–H groups in total. The number of anilines is 1. The number of hydrogen-bond acceptors (Lipinski definition) is 4. The number of nitrogens with two attached hydrogens (primary N) is 1. The molecule has 0 atom stereocenters. The van der Waals surface area contributed by atoms with Crippen LogP contribution < -0.4 is 5.73 Å². The van der Waals surface area contributed by atoms with Crippen LogP contribution >= 0.6 is 0 Å². The summed E-state index contributed by atoms with van der Waals surface area (Å²) in [5, 5.41) is 8.24. The lowest BCUT2D eigenvalue weighted by Crippen LogP contribution is -1.94. The van der Waals surface area contributed by atoms with Gasteiger partial charge in [-0.2, -0.15) is 5.26 Å². The molecule has 0 bridgehead atoms. The molecule has 0 aromatic carbocycles. The largest absolute Gasteiger partial charge is 0.368 e. The SMILES string of the molecule is N#CCC=Cc1ccnc(N)n1. The summed E-state index contributed by atoms with van der Waals surface area (Å²) in [4.78, 5) is 7.65. The minimum Gasteiger partial charge on any atom is -0.368 e. The van der Waals surface area contributed by atoms with E-state index in [2.05, 4.69) is 9.97 Å². The molecule has 0 unspecified atom stereocenters. The molecular formula is C8H8N4. The fraction of sp³-hybridized carbons (Fsp3) is 0.125. The van der Waals surface area contributed by atoms with E-state index in [0.717, 1.165) is 5.69 Å². The maximum Gasteiger partial charge on any atom is 0.220 e. The van der Waals surface area contributed by atoms with Crippen LogP contribution in [-0.2, 0) is 0 Å². The van der Waals surface area contributed by atoms with E-state index in [0.29, 0.717) is 6.42 Å². The predicted molar refractivity (Wildman–Crippen MR) is 45.7 cm³/mol. The van der Waals surface area contributed by atoms with E-state index >= 15 is 0 Å². The van der Waals surface area contributed by atoms with Crippen molar-refractivity contribution in [1.82, 2.24) is 9.97 Å². The molecule has 0 spiro atoms. The Morgan fingerprint density at radius 3 is 3.17 bits per heavy atom. The summed E-state index contributed by atoms with van der Waals surface area (Å²) in [6.07, 6.45) is 5.42. The van der Waals surface area contributed by atoms with Crippen molar-refractivity contribution < 1.29 is 0 Å². The molecule has 1 heterocycles. The lowest BCUT2D eigenvalue weighted by Gasteiger charge is -1.91. The van der Waals surface area contributed by atoms with Crippen molar-refractivity contribution in [2.75, 3.05) is 5.73 Å². The molecule has 0 aliphatic carbocycles. The van der Waals surface area contributed by atoms with Gasteiger partial charge in [0.05, 0.1) is 18.2 Å². The van der Waals surface area contributed by atoms with Gasteiger partial charge in [0.1, 0.15) is 0 Å². The maximum atomic E-state index is 8.24. The Bertz CT molecular complexity index is 324. The minimum absolute atomic E-state index is 0.245. The van der Waals surface area contributed by atoms with Gasteiger partial charge in [-0.15, -0.1) is 0 Å². The third-order valence-corrected chi connectivity index (χ3v) is 1.19. The van der Waals surface area contributed by atoms with Crippen LogP contribution in [0, 0.1) is 11.3 Å². The average Bonchev–Trinajstić information content (AvgIpc) is 2.05. The second-order valence-electron chi connectivity index (χ2n) is 2.10. The fourth-order valence-corrected chi connectivity index (χ4v) is 0.714. The second kappa shape index (κ2) is 4.09. The summed E-state index contributed by atoms with van der Waals surface area (Å²) in [6.45, 7) is 0. The summed E-state index contributed by atoms with van der Waals surface area (Å²) in [6, 6.07) is 3.72. The zero-order valence-electron chi connectivity index (χ0n) is 6.44. The number of nitrogen functional groups attached to an aromatic ring is 1. The highest BCUT2D eigenvalue weighted by Gasteiger charge is 1.88. The van der Waals surface area contributed by atoms with Crippen LogP contribution in [0.5, 0.6) is 0 Å². The molecule has 1 rings (SSSR count). The van der Waals surface area contributed by atoms with Crippen LogP contribution in [0.2, 0.25) is 0 Å². The molecule has 0 fully saturated rings. The highest BCUT2D eigenvalue weighted by molar-refractivity contribution is 5.45. The topological polar surface area (TPSA) is 75.6 Å². The summed E-state index contributed by atoms with van der Waals surface area (Å²) in [5.74, 6) is 0.245. The van der Waals surface area contributed by atoms with Crippen molar-refractivity contribution >= 4 is 12.0 Å². The number of nitriles is 1. The zero-order chi connectivity index (χ0) is 8.81. The number of rotatable bonds is 2. The first-order valence-corrected chi connectivity index (χ1v) is 3.45. The van der Waals surface area contributed by atoms with Crippen molar-refractivity contribution in [3.8, 4) is 6.07 Å². The van der Waals surface area contributed by atoms with Gasteiger partial charge in [0.15, 0.2) is 0 Å². The lowest BCUT2D eigenvalue weighted by molar-refractivity contribution is 1.17. The van der Waals surface area contributed by atoms with Crippen LogP contribution in [0.1, 0.15) is 12.1 Å². The lowest BCUT2D eigenvalue weighted by atomic mass is 10.3. The number of aromatic nitrogens is 2. The molecule has 0 aliphatic rings. The third kappa shape index (κ3) is 2.39. The Morgan fingerprint density at radius 2 is 2.50 bits per heavy atom. The third-order valence-electron chi connectivity index (χ3n) is 1.19. The molecule has 4 heteroatoms. The first kappa shape index (κ1) is 8.21. The first-order valence-electron chi connectivity index (χ1n) is 3.45. The summed E-state index contributed by atoms with van der Waals surface area (Å²) >= 11 is 0. The van der Waals surface area contributed by atoms with Crippen LogP contribution in [0.25, 0.3) is 6.08 Å². The van der Waals surface area contributed by atoms with E-state index < -0.39 is 0 Å². The highest BCUT2D eigenvalue weighted by atomic mass is 15.0. The summed E-state index contributed by atoms with van der Waals surface area (Å²) in [5.41, 5.74) is 6.06. The van der Waals surface area contributed by atoms with E-state index in [-0.39, 0.29) is 5.95 Å². The van der Waals surface area contributed by atoms with Gasteiger partial charge in [0.25, 0.3) is 0 Å². The molecule has 12 heavy (non-hydrogen) atoms. The molecule has 60 valence electrons. The molecule has 0 amide bonds. The number of hydrogen-bond donors (Lipinski definition) is 1. The molecule has 0 saturated heterocycles. The Labute approximate surface area is 70.4 Å². The van der Waals surface area contributed by atoms with E-state index in [9.17, 15) is 0 Å². The van der Waals surface area contributed by atoms with Gasteiger partial charge in [-0.1, -0.05) is 6.08 Å². The normalized spacial score (nSPS) is 9.92. The average molecular weight is 160 g/mol. The number of allylic oxidation sites excluding steroid dienone is 1. The van der Waals surface area contributed by atoms with Crippen molar-refractivity contribution in [3.05, 3.63) is 24.0 Å². The van der Waals surface area contributed by atoms with E-state index in [1.54, 1.807) is 24.4 Å². The van der Waals surface area contributed by atoms with Gasteiger partial charge in [-0.3, -0.25) is 0 Å². The van der Waals surface area contributed by atoms with E-state index in [1.807, 2.05) is 6.07 Å². The van der Waals surface area contributed by atoms with Gasteiger partial charge in [-0.05, 0) is 12.1 Å². The van der Waals surface area contributed by atoms with E-state index in [4.69, 9.17) is 11.0 Å². The Balaban J connectivity index is 2.71. The summed E-state index contributed by atoms with van der Waals surface area (Å²) < 4.78 is 0. The van der Waals surface area contributed by atoms with Crippen molar-refractivity contribution in [1.29, 1.82) is 5.26 Å². The molecule has 0 saturated carbocycles. The van der Waals surface area contributed by atoms with Crippen molar-refractivity contribution in [3.63, 3.8) is 0 Å². The highest BCUT2D eigenvalue weighted by Crippen LogP contribution is 1.99. The predicted octanol–water partition coefficient (Wildman–Crippen LogP) is 0.986. The Kier molecular flexibility index (Phi) is 2.79. The smallest absolute Gasteiger partial charge is 0.220 e. The van der Waals surface area contributed by atoms with Gasteiger partial charge in [0, 0.05) is 6.20 Å². The molecule has 1 aromatic heterocycles. The quantitative estimate of drug-likeness (QED) is 0.699. The Hall–Kier alpha value is -1.89. The van der Waals surface area contributed by atoms with Crippen molar-refractivity contribution in [2.24, 2.45) is 0 Å². The van der Waals surface area contributed by atoms with E-state index in [1.165, 1.54) is 0 Å². The van der Waals surface area contributed by atoms with Crippen LogP contribution in [0.4, 0.5) is 5.95 Å². The van der Waals surface area contributed by atoms with Gasteiger partial charge >= 0.3 is 0 Å². The minimum atomic E-state index is 0.245. The molecule has 0 aliphatic heterocycles. The Morgan fingerprint density at radius 1 is 1.67 bits per heavy atom. The number of nitrogens with zero attached hydrogens (tertiary/aromatic N) is 3. The van der Waals surface area contributed by atoms with Gasteiger partial charge < -0.3 is 5.73 Å². The molecular weight excluding hydrogens is 152 g/mol. The second-order valence-corrected chi connectivity index (χ2v) is 2.10. The zero-order valence-corrected chi connectivity index (χ0v) is 6.44. The van der Waals surface area contributed by atoms with Gasteiger partial charge in [0.2, 0.25) is 5.95 Å². The fourth-order valence-electron chi connectivity index (χ4n) is 0.714. The van der Waals surface area contributed by atoms with Crippen LogP contribution in [-0.4, -0.2) is 9.97 Å². The van der Waals surface area contributed by atoms with Crippen molar-refractivity contribution in [2.45, 2.75) is 6.42 Å². The monoisotopic (exact) mass is 160 g/mol. The molecule has 4 nitrogen and oxygen atoms in total.